The highest BCUT2D eigenvalue weighted by Gasteiger charge is 2.46. The molecule has 2 aliphatic rings. The molecule has 2 aromatic rings. The number of pyridine rings is 1. The van der Waals surface area contributed by atoms with E-state index in [1.54, 1.807) is 30.0 Å². The maximum Gasteiger partial charge on any atom is 0.262 e. The van der Waals surface area contributed by atoms with Crippen molar-refractivity contribution in [2.75, 3.05) is 13.2 Å². The molecule has 2 N–H and O–H groups in total. The fraction of sp³-hybridized carbons (Fsp3) is 0.250. The first-order chi connectivity index (χ1) is 15.1. The lowest BCUT2D eigenvalue weighted by Crippen LogP contribution is -2.52. The minimum atomic E-state index is -1.61. The summed E-state index contributed by atoms with van der Waals surface area (Å²) >= 11 is 0. The first-order valence-electron chi connectivity index (χ1n) is 10.2. The summed E-state index contributed by atoms with van der Waals surface area (Å²) < 4.78 is 17.5. The van der Waals surface area contributed by atoms with E-state index >= 15 is 0 Å². The lowest BCUT2D eigenvalue weighted by Gasteiger charge is -2.33. The summed E-state index contributed by atoms with van der Waals surface area (Å²) in [4.78, 5) is 17.0. The van der Waals surface area contributed by atoms with Gasteiger partial charge >= 0.3 is 0 Å². The second-order valence-electron chi connectivity index (χ2n) is 7.46. The Hall–Kier alpha value is -2.87. The van der Waals surface area contributed by atoms with Crippen LogP contribution in [0.4, 0.5) is 0 Å². The highest BCUT2D eigenvalue weighted by molar-refractivity contribution is 7.87. The fourth-order valence-electron chi connectivity index (χ4n) is 3.90. The molecule has 1 atom stereocenters. The van der Waals surface area contributed by atoms with Crippen molar-refractivity contribution in [3.8, 4) is 0 Å². The van der Waals surface area contributed by atoms with E-state index in [4.69, 9.17) is 4.74 Å². The first kappa shape index (κ1) is 21.4. The van der Waals surface area contributed by atoms with Gasteiger partial charge in [0.15, 0.2) is 0 Å². The van der Waals surface area contributed by atoms with Gasteiger partial charge in [-0.15, -0.1) is 0 Å². The van der Waals surface area contributed by atoms with Crippen LogP contribution in [-0.2, 0) is 20.3 Å². The summed E-state index contributed by atoms with van der Waals surface area (Å²) in [6, 6.07) is 11.4. The highest BCUT2D eigenvalue weighted by atomic mass is 32.2. The van der Waals surface area contributed by atoms with Gasteiger partial charge in [0, 0.05) is 30.5 Å². The van der Waals surface area contributed by atoms with E-state index in [1.165, 1.54) is 0 Å². The average Bonchev–Trinajstić information content (AvgIpc) is 3.10. The van der Waals surface area contributed by atoms with Crippen LogP contribution in [-0.4, -0.2) is 38.3 Å². The smallest absolute Gasteiger partial charge is 0.262 e. The number of nitrogens with one attached hydrogen (secondary N) is 1. The van der Waals surface area contributed by atoms with Crippen molar-refractivity contribution < 1.29 is 18.9 Å². The number of allylic oxidation sites excluding steroid dienone is 6. The van der Waals surface area contributed by atoms with Crippen LogP contribution in [0.1, 0.15) is 30.4 Å². The molecule has 31 heavy (non-hydrogen) atoms. The van der Waals surface area contributed by atoms with E-state index < -0.39 is 21.5 Å². The number of hydrogen-bond acceptors (Lipinski definition) is 5. The van der Waals surface area contributed by atoms with Crippen LogP contribution in [0.15, 0.2) is 78.0 Å². The Kier molecular flexibility index (Phi) is 6.56. The largest absolute Gasteiger partial charge is 0.381 e. The molecule has 1 fully saturated rings. The van der Waals surface area contributed by atoms with Gasteiger partial charge in [-0.25, -0.2) is 5.48 Å². The Morgan fingerprint density at radius 1 is 0.968 bits per heavy atom. The van der Waals surface area contributed by atoms with Gasteiger partial charge in [0.25, 0.3) is 5.91 Å². The monoisotopic (exact) mass is 436 g/mol. The number of rotatable bonds is 5. The van der Waals surface area contributed by atoms with Crippen LogP contribution in [0, 0.1) is 0 Å². The van der Waals surface area contributed by atoms with Crippen LogP contribution in [0.25, 0.3) is 11.1 Å². The third-order valence-corrected chi connectivity index (χ3v) is 7.71. The number of benzene rings is 1. The van der Waals surface area contributed by atoms with E-state index in [9.17, 15) is 14.2 Å². The van der Waals surface area contributed by atoms with Crippen molar-refractivity contribution in [1.29, 1.82) is 0 Å². The number of nitrogens with zero attached hydrogens (tertiary/aromatic N) is 1. The van der Waals surface area contributed by atoms with Crippen molar-refractivity contribution in [1.82, 2.24) is 10.5 Å². The van der Waals surface area contributed by atoms with Gasteiger partial charge in [0.05, 0.1) is 10.8 Å². The normalized spacial score (nSPS) is 19.0. The van der Waals surface area contributed by atoms with Gasteiger partial charge in [-0.05, 0) is 65.8 Å². The molecule has 1 aromatic carbocycles. The quantitative estimate of drug-likeness (QED) is 0.552. The maximum absolute atomic E-state index is 13.3. The molecule has 1 saturated heterocycles. The van der Waals surface area contributed by atoms with Crippen LogP contribution in [0.5, 0.6) is 0 Å². The van der Waals surface area contributed by atoms with Crippen molar-refractivity contribution in [2.45, 2.75) is 28.9 Å². The number of amides is 1. The standard InChI is InChI=1S/C24H24N2O4S/c27-23(26-28)24(12-16-30-17-13-24)31(29)22-8-6-20(7-9-22)18-2-1-3-19(5-4-18)21-10-14-25-15-11-21/h2-11,14-15,28H,1,12-13,16-17H2,(H,26,27). The van der Waals surface area contributed by atoms with Crippen LogP contribution in [0.2, 0.25) is 0 Å². The summed E-state index contributed by atoms with van der Waals surface area (Å²) in [5, 5.41) is 9.19. The first-order valence-corrected chi connectivity index (χ1v) is 11.3. The molecule has 7 heteroatoms. The second kappa shape index (κ2) is 9.51. The molecule has 0 spiro atoms. The minimum Gasteiger partial charge on any atom is -0.381 e. The second-order valence-corrected chi connectivity index (χ2v) is 9.25. The zero-order valence-corrected chi connectivity index (χ0v) is 17.8. The predicted octanol–water partition coefficient (Wildman–Crippen LogP) is 3.67. The average molecular weight is 437 g/mol. The number of hydroxylamine groups is 1. The Labute approximate surface area is 183 Å². The Bertz CT molecular complexity index is 1050. The Morgan fingerprint density at radius 2 is 1.55 bits per heavy atom. The zero-order valence-electron chi connectivity index (χ0n) is 17.0. The summed E-state index contributed by atoms with van der Waals surface area (Å²) in [5.74, 6) is -0.623. The molecule has 1 unspecified atom stereocenters. The molecule has 1 aliphatic carbocycles. The van der Waals surface area contributed by atoms with E-state index in [1.807, 2.05) is 24.3 Å². The van der Waals surface area contributed by atoms with Crippen molar-refractivity contribution >= 4 is 27.9 Å². The SMILES string of the molecule is O=C(NO)C1(S(=O)c2ccc(C3=CCC=C(c4ccncc4)C=C3)cc2)CCOCC1. The number of carbonyl (C=O) groups is 1. The van der Waals surface area contributed by atoms with Gasteiger partial charge in [-0.2, -0.15) is 0 Å². The molecule has 0 bridgehead atoms. The molecule has 4 rings (SSSR count). The Morgan fingerprint density at radius 3 is 2.13 bits per heavy atom. The molecule has 2 heterocycles. The highest BCUT2D eigenvalue weighted by Crippen LogP contribution is 2.33. The van der Waals surface area contributed by atoms with Gasteiger partial charge in [-0.1, -0.05) is 36.4 Å². The lowest BCUT2D eigenvalue weighted by atomic mass is 9.98. The molecule has 0 saturated carbocycles. The molecule has 1 amide bonds. The van der Waals surface area contributed by atoms with Crippen molar-refractivity contribution in [3.05, 3.63) is 84.2 Å². The van der Waals surface area contributed by atoms with Gasteiger partial charge in [-0.3, -0.25) is 19.2 Å². The number of aromatic nitrogens is 1. The molecule has 1 aliphatic heterocycles. The zero-order chi connectivity index (χ0) is 21.7. The maximum atomic E-state index is 13.3. The molecule has 160 valence electrons. The molecule has 6 nitrogen and oxygen atoms in total. The molecular weight excluding hydrogens is 412 g/mol. The van der Waals surface area contributed by atoms with E-state index in [0.29, 0.717) is 31.0 Å². The third kappa shape index (κ3) is 4.44. The summed E-state index contributed by atoms with van der Waals surface area (Å²) in [6.07, 6.45) is 13.4. The third-order valence-electron chi connectivity index (χ3n) is 5.70. The molecule has 1 aromatic heterocycles. The topological polar surface area (TPSA) is 88.5 Å². The van der Waals surface area contributed by atoms with Crippen LogP contribution in [0.3, 0.4) is 0 Å². The predicted molar refractivity (Wildman–Crippen MR) is 120 cm³/mol. The van der Waals surface area contributed by atoms with E-state index in [0.717, 1.165) is 28.7 Å². The van der Waals surface area contributed by atoms with Crippen molar-refractivity contribution in [2.24, 2.45) is 0 Å². The Balaban J connectivity index is 1.54. The number of hydrogen-bond donors (Lipinski definition) is 2. The van der Waals surface area contributed by atoms with Gasteiger partial charge in [0.1, 0.15) is 4.75 Å². The number of ether oxygens (including phenoxy) is 1. The van der Waals surface area contributed by atoms with Crippen molar-refractivity contribution in [3.63, 3.8) is 0 Å². The van der Waals surface area contributed by atoms with E-state index in [-0.39, 0.29) is 0 Å². The summed E-state index contributed by atoms with van der Waals surface area (Å²) in [5.41, 5.74) is 6.04. The van der Waals surface area contributed by atoms with E-state index in [2.05, 4.69) is 29.3 Å². The molecule has 0 radical (unpaired) electrons. The summed E-state index contributed by atoms with van der Waals surface area (Å²) in [7, 11) is -1.61. The van der Waals surface area contributed by atoms with Gasteiger partial charge in [0.2, 0.25) is 0 Å². The molecular formula is C24H24N2O4S. The van der Waals surface area contributed by atoms with Gasteiger partial charge < -0.3 is 4.74 Å². The lowest BCUT2D eigenvalue weighted by molar-refractivity contribution is -0.134. The minimum absolute atomic E-state index is 0.297. The van der Waals surface area contributed by atoms with Crippen LogP contribution < -0.4 is 5.48 Å². The fourth-order valence-corrected chi connectivity index (χ4v) is 5.48. The summed E-state index contributed by atoms with van der Waals surface area (Å²) in [6.45, 7) is 0.670. The number of carbonyl (C=O) groups excluding carboxylic acids is 1. The van der Waals surface area contributed by atoms with Crippen LogP contribution >= 0.6 is 0 Å².